The minimum atomic E-state index is -3.64. The van der Waals surface area contributed by atoms with Crippen molar-refractivity contribution in [2.45, 2.75) is 24.8 Å². The molecule has 1 atom stereocenters. The van der Waals surface area contributed by atoms with Crippen molar-refractivity contribution in [2.24, 2.45) is 0 Å². The Bertz CT molecular complexity index is 896. The van der Waals surface area contributed by atoms with Crippen molar-refractivity contribution in [1.29, 1.82) is 0 Å². The molecule has 1 aromatic carbocycles. The smallest absolute Gasteiger partial charge is 0.321 e. The standard InChI is InChI=1S/C15H18FN3O4S2/c1-8(7-20)17-14(21)19-15-18-9(2)13(24-15)10-4-5-12(11(16)6-10)25(3,22)23/h4-6,8,20H,7H2,1-3H3,(H2,17,18,19,21). The van der Waals surface area contributed by atoms with Crippen LogP contribution in [0.3, 0.4) is 0 Å². The molecular formula is C15H18FN3O4S2. The highest BCUT2D eigenvalue weighted by Crippen LogP contribution is 2.34. The summed E-state index contributed by atoms with van der Waals surface area (Å²) in [5.74, 6) is -0.836. The number of hydrogen-bond donors (Lipinski definition) is 3. The first-order chi connectivity index (χ1) is 11.6. The van der Waals surface area contributed by atoms with Crippen molar-refractivity contribution in [3.8, 4) is 10.4 Å². The number of hydrogen-bond acceptors (Lipinski definition) is 6. The van der Waals surface area contributed by atoms with E-state index in [1.807, 2.05) is 0 Å². The van der Waals surface area contributed by atoms with E-state index in [1.54, 1.807) is 13.8 Å². The number of halogens is 1. The molecule has 3 N–H and O–H groups in total. The highest BCUT2D eigenvalue weighted by Gasteiger charge is 2.17. The average Bonchev–Trinajstić information content (AvgIpc) is 2.85. The van der Waals surface area contributed by atoms with Gasteiger partial charge in [-0.2, -0.15) is 0 Å². The Kier molecular flexibility index (Phi) is 5.76. The normalized spacial score (nSPS) is 12.7. The molecule has 0 radical (unpaired) electrons. The molecule has 0 aliphatic rings. The molecule has 0 saturated carbocycles. The molecule has 1 aromatic heterocycles. The van der Waals surface area contributed by atoms with Gasteiger partial charge in [-0.25, -0.2) is 22.6 Å². The lowest BCUT2D eigenvalue weighted by Crippen LogP contribution is -2.38. The molecule has 0 bridgehead atoms. The third-order valence-electron chi connectivity index (χ3n) is 3.26. The first-order valence-corrected chi connectivity index (χ1v) is 9.98. The Morgan fingerprint density at radius 1 is 1.44 bits per heavy atom. The summed E-state index contributed by atoms with van der Waals surface area (Å²) in [6.45, 7) is 3.15. The topological polar surface area (TPSA) is 108 Å². The summed E-state index contributed by atoms with van der Waals surface area (Å²) in [5, 5.41) is 14.3. The number of aryl methyl sites for hydroxylation is 1. The number of amides is 2. The zero-order valence-corrected chi connectivity index (χ0v) is 15.5. The van der Waals surface area contributed by atoms with Crippen LogP contribution in [0.2, 0.25) is 0 Å². The number of aliphatic hydroxyl groups excluding tert-OH is 1. The maximum Gasteiger partial charge on any atom is 0.321 e. The van der Waals surface area contributed by atoms with Crippen molar-refractivity contribution in [1.82, 2.24) is 10.3 Å². The van der Waals surface area contributed by atoms with E-state index in [-0.39, 0.29) is 11.5 Å². The van der Waals surface area contributed by atoms with Crippen LogP contribution >= 0.6 is 11.3 Å². The second-order valence-electron chi connectivity index (χ2n) is 5.53. The van der Waals surface area contributed by atoms with Gasteiger partial charge in [0.2, 0.25) is 0 Å². The number of nitrogens with zero attached hydrogens (tertiary/aromatic N) is 1. The number of carbonyl (C=O) groups is 1. The van der Waals surface area contributed by atoms with Crippen LogP contribution in [0.25, 0.3) is 10.4 Å². The molecule has 1 unspecified atom stereocenters. The number of benzene rings is 1. The van der Waals surface area contributed by atoms with E-state index < -0.39 is 27.7 Å². The zero-order chi connectivity index (χ0) is 18.8. The molecule has 0 aliphatic heterocycles. The van der Waals surface area contributed by atoms with Gasteiger partial charge in [-0.1, -0.05) is 17.4 Å². The van der Waals surface area contributed by atoms with Gasteiger partial charge in [-0.3, -0.25) is 5.32 Å². The number of aliphatic hydroxyl groups is 1. The Balaban J connectivity index is 2.26. The monoisotopic (exact) mass is 387 g/mol. The fourth-order valence-corrected chi connectivity index (χ4v) is 3.75. The molecule has 2 aromatic rings. The summed E-state index contributed by atoms with van der Waals surface area (Å²) in [7, 11) is -3.64. The van der Waals surface area contributed by atoms with Crippen molar-refractivity contribution < 1.29 is 22.7 Å². The van der Waals surface area contributed by atoms with E-state index in [1.165, 1.54) is 12.1 Å². The van der Waals surface area contributed by atoms with Crippen LogP contribution < -0.4 is 10.6 Å². The molecule has 0 spiro atoms. The fraction of sp³-hybridized carbons (Fsp3) is 0.333. The summed E-state index contributed by atoms with van der Waals surface area (Å²) in [6.07, 6.45) is 0.942. The average molecular weight is 387 g/mol. The number of thiazole rings is 1. The maximum absolute atomic E-state index is 14.1. The fourth-order valence-electron chi connectivity index (χ4n) is 2.06. The highest BCUT2D eigenvalue weighted by molar-refractivity contribution is 7.90. The second-order valence-corrected chi connectivity index (χ2v) is 8.52. The molecule has 1 heterocycles. The maximum atomic E-state index is 14.1. The molecule has 10 heteroatoms. The van der Waals surface area contributed by atoms with Crippen molar-refractivity contribution >= 4 is 32.3 Å². The van der Waals surface area contributed by atoms with Crippen LogP contribution in [0.15, 0.2) is 23.1 Å². The van der Waals surface area contributed by atoms with Gasteiger partial charge in [0.1, 0.15) is 10.7 Å². The highest BCUT2D eigenvalue weighted by atomic mass is 32.2. The second kappa shape index (κ2) is 7.46. The van der Waals surface area contributed by atoms with Gasteiger partial charge < -0.3 is 10.4 Å². The van der Waals surface area contributed by atoms with Crippen LogP contribution in [0, 0.1) is 12.7 Å². The van der Waals surface area contributed by atoms with E-state index in [0.29, 0.717) is 21.3 Å². The Morgan fingerprint density at radius 3 is 2.68 bits per heavy atom. The molecule has 2 amide bonds. The Labute approximate surface area is 148 Å². The van der Waals surface area contributed by atoms with Crippen LogP contribution in [0.1, 0.15) is 12.6 Å². The molecule has 0 saturated heterocycles. The quantitative estimate of drug-likeness (QED) is 0.729. The van der Waals surface area contributed by atoms with Gasteiger partial charge in [-0.05, 0) is 31.5 Å². The number of aromatic nitrogens is 1. The zero-order valence-electron chi connectivity index (χ0n) is 13.8. The van der Waals surface area contributed by atoms with Crippen molar-refractivity contribution in [2.75, 3.05) is 18.2 Å². The molecule has 7 nitrogen and oxygen atoms in total. The number of urea groups is 1. The third kappa shape index (κ3) is 4.74. The predicted octanol–water partition coefficient (Wildman–Crippen LogP) is 2.16. The number of anilines is 1. The van der Waals surface area contributed by atoms with Gasteiger partial charge in [0.15, 0.2) is 15.0 Å². The lowest BCUT2D eigenvalue weighted by Gasteiger charge is -2.10. The number of sulfone groups is 1. The summed E-state index contributed by atoms with van der Waals surface area (Å²) in [4.78, 5) is 16.2. The van der Waals surface area contributed by atoms with Crippen LogP contribution in [0.4, 0.5) is 14.3 Å². The van der Waals surface area contributed by atoms with E-state index in [2.05, 4.69) is 15.6 Å². The Morgan fingerprint density at radius 2 is 2.12 bits per heavy atom. The van der Waals surface area contributed by atoms with Crippen molar-refractivity contribution in [3.63, 3.8) is 0 Å². The SMILES string of the molecule is Cc1nc(NC(=O)NC(C)CO)sc1-c1ccc(S(C)(=O)=O)c(F)c1. The lowest BCUT2D eigenvalue weighted by atomic mass is 10.1. The molecule has 2 rings (SSSR count). The minimum Gasteiger partial charge on any atom is -0.394 e. The molecule has 136 valence electrons. The number of rotatable bonds is 5. The third-order valence-corrected chi connectivity index (χ3v) is 5.51. The number of nitrogens with one attached hydrogen (secondary N) is 2. The molecule has 25 heavy (non-hydrogen) atoms. The largest absolute Gasteiger partial charge is 0.394 e. The van der Waals surface area contributed by atoms with Crippen LogP contribution in [-0.2, 0) is 9.84 Å². The van der Waals surface area contributed by atoms with Gasteiger partial charge in [0.05, 0.1) is 23.2 Å². The molecule has 0 aliphatic carbocycles. The summed E-state index contributed by atoms with van der Waals surface area (Å²) in [5.41, 5.74) is 1.04. The molecular weight excluding hydrogens is 369 g/mol. The van der Waals surface area contributed by atoms with Crippen LogP contribution in [-0.4, -0.2) is 43.4 Å². The molecule has 0 fully saturated rings. The summed E-state index contributed by atoms with van der Waals surface area (Å²) >= 11 is 1.14. The number of carbonyl (C=O) groups excluding carboxylic acids is 1. The van der Waals surface area contributed by atoms with E-state index in [9.17, 15) is 17.6 Å². The van der Waals surface area contributed by atoms with Gasteiger partial charge in [-0.15, -0.1) is 0 Å². The predicted molar refractivity (Wildman–Crippen MR) is 94.1 cm³/mol. The first kappa shape index (κ1) is 19.3. The van der Waals surface area contributed by atoms with Crippen molar-refractivity contribution in [3.05, 3.63) is 29.7 Å². The van der Waals surface area contributed by atoms with E-state index in [4.69, 9.17) is 5.11 Å². The first-order valence-electron chi connectivity index (χ1n) is 7.27. The van der Waals surface area contributed by atoms with E-state index in [0.717, 1.165) is 23.7 Å². The Hall–Kier alpha value is -2.04. The van der Waals surface area contributed by atoms with Gasteiger partial charge in [0.25, 0.3) is 0 Å². The lowest BCUT2D eigenvalue weighted by molar-refractivity contribution is 0.229. The minimum absolute atomic E-state index is 0.193. The van der Waals surface area contributed by atoms with Gasteiger partial charge in [0, 0.05) is 6.26 Å². The summed E-state index contributed by atoms with van der Waals surface area (Å²) < 4.78 is 37.0. The summed E-state index contributed by atoms with van der Waals surface area (Å²) in [6, 6.07) is 2.92. The van der Waals surface area contributed by atoms with Gasteiger partial charge >= 0.3 is 6.03 Å². The van der Waals surface area contributed by atoms with E-state index >= 15 is 0 Å². The van der Waals surface area contributed by atoms with Crippen LogP contribution in [0.5, 0.6) is 0 Å².